The van der Waals surface area contributed by atoms with Crippen LogP contribution in [-0.2, 0) is 4.79 Å². The SMILES string of the molecule is CC1(C)Nc2cc3ccccc3nc2NC1=O. The first-order chi connectivity index (χ1) is 8.06. The maximum Gasteiger partial charge on any atom is 0.250 e. The van der Waals surface area contributed by atoms with Crippen LogP contribution in [-0.4, -0.2) is 16.4 Å². The first kappa shape index (κ1) is 10.1. The fourth-order valence-corrected chi connectivity index (χ4v) is 1.96. The Balaban J connectivity index is 2.20. The van der Waals surface area contributed by atoms with E-state index in [4.69, 9.17) is 0 Å². The number of para-hydroxylation sites is 1. The molecule has 4 heteroatoms. The number of carbonyl (C=O) groups is 1. The lowest BCUT2D eigenvalue weighted by molar-refractivity contribution is -0.119. The monoisotopic (exact) mass is 227 g/mol. The fraction of sp³-hybridized carbons (Fsp3) is 0.231. The number of carbonyl (C=O) groups excluding carboxylic acids is 1. The number of nitrogens with one attached hydrogen (secondary N) is 2. The smallest absolute Gasteiger partial charge is 0.250 e. The zero-order chi connectivity index (χ0) is 12.0. The Hall–Kier alpha value is -2.10. The molecule has 1 aliphatic rings. The summed E-state index contributed by atoms with van der Waals surface area (Å²) in [4.78, 5) is 16.2. The lowest BCUT2D eigenvalue weighted by atomic mass is 10.0. The number of fused-ring (bicyclic) bond motifs is 2. The summed E-state index contributed by atoms with van der Waals surface area (Å²) < 4.78 is 0. The van der Waals surface area contributed by atoms with Gasteiger partial charge in [-0.1, -0.05) is 18.2 Å². The molecule has 1 aromatic carbocycles. The summed E-state index contributed by atoms with van der Waals surface area (Å²) >= 11 is 0. The number of amides is 1. The molecule has 2 N–H and O–H groups in total. The molecule has 2 aromatic rings. The number of anilines is 2. The molecule has 86 valence electrons. The number of hydrogen-bond acceptors (Lipinski definition) is 3. The molecule has 17 heavy (non-hydrogen) atoms. The van der Waals surface area contributed by atoms with Crippen molar-refractivity contribution in [2.45, 2.75) is 19.4 Å². The highest BCUT2D eigenvalue weighted by Crippen LogP contribution is 2.31. The van der Waals surface area contributed by atoms with Gasteiger partial charge in [-0.25, -0.2) is 4.98 Å². The Morgan fingerprint density at radius 2 is 2.00 bits per heavy atom. The van der Waals surface area contributed by atoms with Gasteiger partial charge in [0.1, 0.15) is 5.54 Å². The van der Waals surface area contributed by atoms with Crippen molar-refractivity contribution in [2.24, 2.45) is 0 Å². The molecule has 4 nitrogen and oxygen atoms in total. The quantitative estimate of drug-likeness (QED) is 0.726. The van der Waals surface area contributed by atoms with Gasteiger partial charge in [-0.15, -0.1) is 0 Å². The molecule has 3 rings (SSSR count). The van der Waals surface area contributed by atoms with E-state index < -0.39 is 5.54 Å². The second-order valence-corrected chi connectivity index (χ2v) is 4.78. The van der Waals surface area contributed by atoms with E-state index in [1.54, 1.807) is 0 Å². The third-order valence-electron chi connectivity index (χ3n) is 2.97. The van der Waals surface area contributed by atoms with Gasteiger partial charge in [0.05, 0.1) is 11.2 Å². The van der Waals surface area contributed by atoms with Crippen LogP contribution in [0.3, 0.4) is 0 Å². The summed E-state index contributed by atoms with van der Waals surface area (Å²) in [6, 6.07) is 9.86. The van der Waals surface area contributed by atoms with Crippen molar-refractivity contribution in [1.29, 1.82) is 0 Å². The lowest BCUT2D eigenvalue weighted by Gasteiger charge is -2.32. The van der Waals surface area contributed by atoms with Crippen LogP contribution < -0.4 is 10.6 Å². The van der Waals surface area contributed by atoms with E-state index in [9.17, 15) is 4.79 Å². The first-order valence-electron chi connectivity index (χ1n) is 5.56. The molecule has 0 fully saturated rings. The van der Waals surface area contributed by atoms with Crippen molar-refractivity contribution < 1.29 is 4.79 Å². The molecule has 2 heterocycles. The summed E-state index contributed by atoms with van der Waals surface area (Å²) in [7, 11) is 0. The molecule has 0 unspecified atom stereocenters. The number of pyridine rings is 1. The van der Waals surface area contributed by atoms with Crippen LogP contribution in [0.25, 0.3) is 10.9 Å². The van der Waals surface area contributed by atoms with E-state index in [2.05, 4.69) is 15.6 Å². The second-order valence-electron chi connectivity index (χ2n) is 4.78. The van der Waals surface area contributed by atoms with Gasteiger partial charge in [-0.3, -0.25) is 4.79 Å². The zero-order valence-corrected chi connectivity index (χ0v) is 9.74. The van der Waals surface area contributed by atoms with Crippen molar-refractivity contribution in [3.8, 4) is 0 Å². The zero-order valence-electron chi connectivity index (χ0n) is 9.74. The highest BCUT2D eigenvalue weighted by Gasteiger charge is 2.33. The van der Waals surface area contributed by atoms with Crippen LogP contribution in [0.2, 0.25) is 0 Å². The van der Waals surface area contributed by atoms with Gasteiger partial charge >= 0.3 is 0 Å². The molecular formula is C13H13N3O. The minimum atomic E-state index is -0.600. The number of rotatable bonds is 0. The van der Waals surface area contributed by atoms with E-state index in [-0.39, 0.29) is 5.91 Å². The highest BCUT2D eigenvalue weighted by molar-refractivity contribution is 6.06. The van der Waals surface area contributed by atoms with E-state index in [0.717, 1.165) is 16.6 Å². The topological polar surface area (TPSA) is 54.0 Å². The number of hydrogen-bond donors (Lipinski definition) is 2. The van der Waals surface area contributed by atoms with Crippen molar-refractivity contribution >= 4 is 28.3 Å². The minimum Gasteiger partial charge on any atom is -0.369 e. The van der Waals surface area contributed by atoms with Gasteiger partial charge < -0.3 is 10.6 Å². The summed E-state index contributed by atoms with van der Waals surface area (Å²) in [6.45, 7) is 3.70. The molecular weight excluding hydrogens is 214 g/mol. The van der Waals surface area contributed by atoms with Crippen molar-refractivity contribution in [3.05, 3.63) is 30.3 Å². The first-order valence-corrected chi connectivity index (χ1v) is 5.56. The number of nitrogens with zero attached hydrogens (tertiary/aromatic N) is 1. The number of aromatic nitrogens is 1. The maximum absolute atomic E-state index is 11.8. The van der Waals surface area contributed by atoms with Crippen molar-refractivity contribution in [3.63, 3.8) is 0 Å². The van der Waals surface area contributed by atoms with E-state index in [1.807, 2.05) is 44.2 Å². The Morgan fingerprint density at radius 3 is 2.82 bits per heavy atom. The van der Waals surface area contributed by atoms with Gasteiger partial charge in [0.2, 0.25) is 0 Å². The minimum absolute atomic E-state index is 0.0622. The van der Waals surface area contributed by atoms with Gasteiger partial charge in [-0.05, 0) is 26.0 Å². The van der Waals surface area contributed by atoms with Gasteiger partial charge in [0.15, 0.2) is 5.82 Å². The lowest BCUT2D eigenvalue weighted by Crippen LogP contribution is -2.47. The van der Waals surface area contributed by atoms with Crippen LogP contribution in [0.5, 0.6) is 0 Å². The van der Waals surface area contributed by atoms with Crippen LogP contribution in [0.4, 0.5) is 11.5 Å². The molecule has 1 aromatic heterocycles. The fourth-order valence-electron chi connectivity index (χ4n) is 1.96. The molecule has 0 aliphatic carbocycles. The third kappa shape index (κ3) is 1.53. The molecule has 0 atom stereocenters. The summed E-state index contributed by atoms with van der Waals surface area (Å²) in [5, 5.41) is 7.09. The largest absolute Gasteiger partial charge is 0.369 e. The molecule has 0 spiro atoms. The number of benzene rings is 1. The highest BCUT2D eigenvalue weighted by atomic mass is 16.2. The predicted molar refractivity (Wildman–Crippen MR) is 68.1 cm³/mol. The van der Waals surface area contributed by atoms with Gasteiger partial charge in [0, 0.05) is 5.39 Å². The normalized spacial score (nSPS) is 17.2. The molecule has 1 aliphatic heterocycles. The van der Waals surface area contributed by atoms with Crippen molar-refractivity contribution in [1.82, 2.24) is 4.98 Å². The van der Waals surface area contributed by atoms with Crippen LogP contribution in [0, 0.1) is 0 Å². The van der Waals surface area contributed by atoms with E-state index in [1.165, 1.54) is 0 Å². The summed E-state index contributed by atoms with van der Waals surface area (Å²) in [6.07, 6.45) is 0. The molecule has 0 radical (unpaired) electrons. The standard InChI is InChI=1S/C13H13N3O/c1-13(2)12(17)15-11-10(16-13)7-8-5-3-4-6-9(8)14-11/h3-7,16H,1-2H3,(H,14,15,17). The molecule has 1 amide bonds. The summed E-state index contributed by atoms with van der Waals surface area (Å²) in [5.74, 6) is 0.542. The van der Waals surface area contributed by atoms with Crippen LogP contribution in [0.1, 0.15) is 13.8 Å². The Kier molecular flexibility index (Phi) is 1.90. The van der Waals surface area contributed by atoms with Crippen LogP contribution in [0.15, 0.2) is 30.3 Å². The predicted octanol–water partition coefficient (Wildman–Crippen LogP) is 2.38. The maximum atomic E-state index is 11.8. The molecule has 0 saturated carbocycles. The average Bonchev–Trinajstić information content (AvgIpc) is 2.28. The Labute approximate surface area is 99.0 Å². The van der Waals surface area contributed by atoms with Gasteiger partial charge in [0.25, 0.3) is 5.91 Å². The third-order valence-corrected chi connectivity index (χ3v) is 2.97. The second kappa shape index (κ2) is 3.20. The van der Waals surface area contributed by atoms with E-state index >= 15 is 0 Å². The van der Waals surface area contributed by atoms with Crippen molar-refractivity contribution in [2.75, 3.05) is 10.6 Å². The molecule has 0 bridgehead atoms. The Bertz CT molecular complexity index is 619. The van der Waals surface area contributed by atoms with Crippen LogP contribution >= 0.6 is 0 Å². The average molecular weight is 227 g/mol. The molecule has 0 saturated heterocycles. The van der Waals surface area contributed by atoms with E-state index in [0.29, 0.717) is 5.82 Å². The Morgan fingerprint density at radius 1 is 1.24 bits per heavy atom. The van der Waals surface area contributed by atoms with Gasteiger partial charge in [-0.2, -0.15) is 0 Å². The summed E-state index contributed by atoms with van der Waals surface area (Å²) in [5.41, 5.74) is 1.15.